The molecule has 1 aliphatic rings. The van der Waals surface area contributed by atoms with Gasteiger partial charge in [0, 0.05) is 6.20 Å². The summed E-state index contributed by atoms with van der Waals surface area (Å²) in [6.45, 7) is 21.4. The van der Waals surface area contributed by atoms with Gasteiger partial charge >= 0.3 is 5.69 Å². The van der Waals surface area contributed by atoms with Gasteiger partial charge in [-0.25, -0.2) is 4.79 Å². The Morgan fingerprint density at radius 2 is 1.55 bits per heavy atom. The van der Waals surface area contributed by atoms with Crippen molar-refractivity contribution in [3.8, 4) is 0 Å². The average molecular weight is 472 g/mol. The highest BCUT2D eigenvalue weighted by Crippen LogP contribution is 2.45. The monoisotopic (exact) mass is 471 g/mol. The van der Waals surface area contributed by atoms with Crippen LogP contribution >= 0.6 is 0 Å². The number of anilines is 1. The summed E-state index contributed by atoms with van der Waals surface area (Å²) in [4.78, 5) is 16.5. The van der Waals surface area contributed by atoms with Crippen LogP contribution in [0.15, 0.2) is 17.1 Å². The molecule has 0 saturated carbocycles. The Kier molecular flexibility index (Phi) is 7.37. The molecule has 2 rings (SSSR count). The molecule has 1 saturated heterocycles. The molecule has 2 heterocycles. The number of nitrogens with zero attached hydrogens (tertiary/aromatic N) is 2. The third-order valence-corrected chi connectivity index (χ3v) is 16.0. The number of aliphatic hydroxyl groups is 1. The first kappa shape index (κ1) is 26.2. The lowest BCUT2D eigenvalue weighted by Gasteiger charge is -2.44. The number of hydrogen-bond donors (Lipinski definition) is 2. The zero-order chi connectivity index (χ0) is 24.0. The number of ether oxygens (including phenoxy) is 1. The molecule has 1 aliphatic heterocycles. The minimum Gasteiger partial charge on any atom is -0.408 e. The summed E-state index contributed by atoms with van der Waals surface area (Å²) in [5.74, 6) is 0.147. The normalized spacial score (nSPS) is 25.8. The van der Waals surface area contributed by atoms with E-state index in [1.54, 1.807) is 12.3 Å². The molecule has 0 amide bonds. The van der Waals surface area contributed by atoms with E-state index in [1.165, 1.54) is 4.57 Å². The number of aliphatic hydroxyl groups excluding tert-OH is 1. The fourth-order valence-corrected chi connectivity index (χ4v) is 5.60. The molecule has 0 bridgehead atoms. The molecule has 1 aromatic heterocycles. The van der Waals surface area contributed by atoms with Crippen molar-refractivity contribution in [2.75, 3.05) is 12.3 Å². The Hall–Kier alpha value is -1.05. The van der Waals surface area contributed by atoms with Crippen LogP contribution in [-0.4, -0.2) is 56.2 Å². The Morgan fingerprint density at radius 3 is 1.97 bits per heavy atom. The third-order valence-electron chi connectivity index (χ3n) is 7.06. The first-order chi connectivity index (χ1) is 13.9. The molecule has 3 N–H and O–H groups in total. The second-order valence-electron chi connectivity index (χ2n) is 11.5. The Labute approximate surface area is 188 Å². The van der Waals surface area contributed by atoms with Gasteiger partial charge in [0.15, 0.2) is 22.9 Å². The van der Waals surface area contributed by atoms with Gasteiger partial charge in [0.1, 0.15) is 24.1 Å². The SMILES string of the molecule is CC(C)(C)[Si](C)(C)OC1C(CO)OC(n2ccc(N)nc2=O)C1O[Si](C)(C)C(C)(C)C. The summed E-state index contributed by atoms with van der Waals surface area (Å²) < 4.78 is 21.1. The van der Waals surface area contributed by atoms with Gasteiger partial charge in [-0.1, -0.05) is 41.5 Å². The van der Waals surface area contributed by atoms with Crippen molar-refractivity contribution in [2.24, 2.45) is 0 Å². The molecule has 10 heteroatoms. The zero-order valence-electron chi connectivity index (χ0n) is 20.7. The Morgan fingerprint density at radius 1 is 1.06 bits per heavy atom. The van der Waals surface area contributed by atoms with Crippen molar-refractivity contribution in [3.05, 3.63) is 22.7 Å². The highest BCUT2D eigenvalue weighted by atomic mass is 28.4. The number of rotatable bonds is 6. The van der Waals surface area contributed by atoms with Crippen LogP contribution in [0, 0.1) is 0 Å². The van der Waals surface area contributed by atoms with Crippen LogP contribution in [0.1, 0.15) is 47.8 Å². The minimum absolute atomic E-state index is 0.0355. The first-order valence-corrected chi connectivity index (χ1v) is 16.7. The number of nitrogens with two attached hydrogens (primary N) is 1. The fraction of sp³-hybridized carbons (Fsp3) is 0.810. The smallest absolute Gasteiger partial charge is 0.351 e. The van der Waals surface area contributed by atoms with Crippen molar-refractivity contribution >= 4 is 22.5 Å². The molecular weight excluding hydrogens is 430 g/mol. The van der Waals surface area contributed by atoms with E-state index in [4.69, 9.17) is 19.3 Å². The number of hydrogen-bond acceptors (Lipinski definition) is 7. The Balaban J connectivity index is 2.56. The summed E-state index contributed by atoms with van der Waals surface area (Å²) in [7, 11) is -4.49. The molecule has 0 aliphatic carbocycles. The van der Waals surface area contributed by atoms with Crippen molar-refractivity contribution in [2.45, 2.75) is 102 Å². The van der Waals surface area contributed by atoms with Crippen LogP contribution in [-0.2, 0) is 13.6 Å². The molecule has 4 atom stereocenters. The van der Waals surface area contributed by atoms with Gasteiger partial charge in [-0.15, -0.1) is 0 Å². The lowest BCUT2D eigenvalue weighted by atomic mass is 10.1. The van der Waals surface area contributed by atoms with Crippen molar-refractivity contribution in [1.29, 1.82) is 0 Å². The molecule has 0 spiro atoms. The van der Waals surface area contributed by atoms with E-state index in [1.807, 2.05) is 0 Å². The van der Waals surface area contributed by atoms with Gasteiger partial charge in [-0.3, -0.25) is 4.57 Å². The highest BCUT2D eigenvalue weighted by molar-refractivity contribution is 6.74. The predicted molar refractivity (Wildman–Crippen MR) is 128 cm³/mol. The van der Waals surface area contributed by atoms with Crippen LogP contribution in [0.25, 0.3) is 0 Å². The van der Waals surface area contributed by atoms with E-state index in [9.17, 15) is 9.90 Å². The van der Waals surface area contributed by atoms with Gasteiger partial charge in [0.2, 0.25) is 0 Å². The minimum atomic E-state index is -2.26. The van der Waals surface area contributed by atoms with Gasteiger partial charge in [0.25, 0.3) is 0 Å². The molecule has 1 fully saturated rings. The molecule has 8 nitrogen and oxygen atoms in total. The molecule has 178 valence electrons. The molecule has 31 heavy (non-hydrogen) atoms. The lowest BCUT2D eigenvalue weighted by molar-refractivity contribution is -0.0528. The quantitative estimate of drug-likeness (QED) is 0.611. The maximum atomic E-state index is 12.6. The van der Waals surface area contributed by atoms with E-state index in [2.05, 4.69) is 72.7 Å². The standard InChI is InChI=1S/C21H41N3O5Si2/c1-20(2,3)30(7,8)28-16-14(13-25)27-18(24-12-11-15(22)23-19(24)26)17(16)29-31(9,10)21(4,5)6/h11-12,14,16-18,25H,13H2,1-10H3,(H2,22,23,26). The summed E-state index contributed by atoms with van der Waals surface area (Å²) in [5, 5.41) is 10.0. The third kappa shape index (κ3) is 5.48. The second kappa shape index (κ2) is 8.71. The lowest BCUT2D eigenvalue weighted by Crippen LogP contribution is -2.54. The predicted octanol–water partition coefficient (Wildman–Crippen LogP) is 3.50. The molecule has 4 unspecified atom stereocenters. The van der Waals surface area contributed by atoms with Crippen LogP contribution in [0.5, 0.6) is 0 Å². The zero-order valence-corrected chi connectivity index (χ0v) is 22.7. The molecule has 1 aromatic rings. The largest absolute Gasteiger partial charge is 0.408 e. The Bertz CT molecular complexity index is 830. The van der Waals surface area contributed by atoms with E-state index >= 15 is 0 Å². The topological polar surface area (TPSA) is 109 Å². The van der Waals surface area contributed by atoms with Crippen molar-refractivity contribution in [1.82, 2.24) is 9.55 Å². The highest BCUT2D eigenvalue weighted by Gasteiger charge is 2.54. The van der Waals surface area contributed by atoms with Crippen LogP contribution in [0.4, 0.5) is 5.82 Å². The van der Waals surface area contributed by atoms with E-state index in [0.29, 0.717) is 0 Å². The van der Waals surface area contributed by atoms with Gasteiger partial charge < -0.3 is 24.4 Å². The van der Waals surface area contributed by atoms with Gasteiger partial charge in [-0.2, -0.15) is 4.98 Å². The average Bonchev–Trinajstić information content (AvgIpc) is 2.89. The van der Waals surface area contributed by atoms with E-state index in [0.717, 1.165) is 0 Å². The first-order valence-electron chi connectivity index (χ1n) is 10.9. The summed E-state index contributed by atoms with van der Waals surface area (Å²) >= 11 is 0. The summed E-state index contributed by atoms with van der Waals surface area (Å²) in [5.41, 5.74) is 5.17. The van der Waals surface area contributed by atoms with Gasteiger partial charge in [0.05, 0.1) is 6.61 Å². The second-order valence-corrected chi connectivity index (χ2v) is 21.0. The van der Waals surface area contributed by atoms with Crippen LogP contribution < -0.4 is 11.4 Å². The van der Waals surface area contributed by atoms with Crippen molar-refractivity contribution < 1.29 is 18.7 Å². The summed E-state index contributed by atoms with van der Waals surface area (Å²) in [6.07, 6.45) is -0.870. The van der Waals surface area contributed by atoms with Crippen LogP contribution in [0.2, 0.25) is 36.3 Å². The number of aromatic nitrogens is 2. The molecular formula is C21H41N3O5Si2. The van der Waals surface area contributed by atoms with E-state index < -0.39 is 46.9 Å². The van der Waals surface area contributed by atoms with Crippen LogP contribution in [0.3, 0.4) is 0 Å². The van der Waals surface area contributed by atoms with Crippen molar-refractivity contribution in [3.63, 3.8) is 0 Å². The molecule has 0 radical (unpaired) electrons. The van der Waals surface area contributed by atoms with Gasteiger partial charge in [-0.05, 0) is 42.3 Å². The maximum absolute atomic E-state index is 12.6. The van der Waals surface area contributed by atoms with E-state index in [-0.39, 0.29) is 22.5 Å². The molecule has 0 aromatic carbocycles. The summed E-state index contributed by atoms with van der Waals surface area (Å²) in [6, 6.07) is 1.56. The fourth-order valence-electron chi connectivity index (χ4n) is 3.00. The maximum Gasteiger partial charge on any atom is 0.351 e. The number of nitrogen functional groups attached to an aromatic ring is 1.